The summed E-state index contributed by atoms with van der Waals surface area (Å²) >= 11 is 1.52. The van der Waals surface area contributed by atoms with Crippen molar-refractivity contribution in [2.45, 2.75) is 39.5 Å². The molecule has 3 rings (SSSR count). The molecule has 0 aliphatic heterocycles. The minimum Gasteiger partial charge on any atom is -0.342 e. The van der Waals surface area contributed by atoms with Crippen molar-refractivity contribution in [1.82, 2.24) is 19.7 Å². The Morgan fingerprint density at radius 3 is 2.75 bits per heavy atom. The van der Waals surface area contributed by atoms with Crippen molar-refractivity contribution < 1.29 is 4.52 Å². The first kappa shape index (κ1) is 19.9. The first-order valence-electron chi connectivity index (χ1n) is 9.04. The zero-order chi connectivity index (χ0) is 20.1. The molecule has 3 aromatic rings. The zero-order valence-corrected chi connectivity index (χ0v) is 16.9. The van der Waals surface area contributed by atoms with Crippen LogP contribution in [0.25, 0.3) is 0 Å². The number of anilines is 2. The minimum absolute atomic E-state index is 0.302. The Morgan fingerprint density at radius 2 is 2.07 bits per heavy atom. The van der Waals surface area contributed by atoms with Crippen LogP contribution < -0.4 is 16.6 Å². The number of H-pyrrole nitrogens is 1. The Bertz CT molecular complexity index is 1040. The lowest BCUT2D eigenvalue weighted by atomic mass is 10.1. The van der Waals surface area contributed by atoms with E-state index in [9.17, 15) is 9.59 Å². The van der Waals surface area contributed by atoms with Crippen LogP contribution in [0.15, 0.2) is 38.4 Å². The van der Waals surface area contributed by atoms with Gasteiger partial charge in [-0.05, 0) is 43.5 Å². The van der Waals surface area contributed by atoms with Gasteiger partial charge >= 0.3 is 5.69 Å². The lowest BCUT2D eigenvalue weighted by Crippen LogP contribution is -2.35. The van der Waals surface area contributed by atoms with Gasteiger partial charge in [0.15, 0.2) is 5.82 Å². The molecule has 0 bridgehead atoms. The fourth-order valence-corrected chi connectivity index (χ4v) is 3.55. The van der Waals surface area contributed by atoms with Crippen molar-refractivity contribution in [3.63, 3.8) is 0 Å². The molecule has 0 amide bonds. The largest absolute Gasteiger partial charge is 0.342 e. The highest BCUT2D eigenvalue weighted by Crippen LogP contribution is 2.18. The number of nitrogens with one attached hydrogen (secondary N) is 2. The van der Waals surface area contributed by atoms with Gasteiger partial charge in [0.1, 0.15) is 5.82 Å². The van der Waals surface area contributed by atoms with Crippen molar-refractivity contribution in [1.29, 1.82) is 0 Å². The molecule has 9 heteroatoms. The zero-order valence-electron chi connectivity index (χ0n) is 16.1. The lowest BCUT2D eigenvalue weighted by Gasteiger charge is -2.11. The quantitative estimate of drug-likeness (QED) is 0.559. The van der Waals surface area contributed by atoms with Crippen molar-refractivity contribution >= 4 is 23.3 Å². The summed E-state index contributed by atoms with van der Waals surface area (Å²) < 4.78 is 6.22. The number of nitrogens with zero attached hydrogens (tertiary/aromatic N) is 3. The van der Waals surface area contributed by atoms with E-state index in [-0.39, 0.29) is 5.56 Å². The fourth-order valence-electron chi connectivity index (χ4n) is 2.80. The summed E-state index contributed by atoms with van der Waals surface area (Å²) in [5, 5.41) is 6.83. The molecule has 0 atom stereocenters. The molecular formula is C19H23N5O3S. The van der Waals surface area contributed by atoms with Crippen LogP contribution in [0, 0.1) is 13.8 Å². The van der Waals surface area contributed by atoms with E-state index >= 15 is 0 Å². The highest BCUT2D eigenvalue weighted by atomic mass is 32.2. The number of aryl methyl sites for hydroxylation is 3. The first-order valence-corrected chi connectivity index (χ1v) is 10.2. The smallest absolute Gasteiger partial charge is 0.329 e. The topological polar surface area (TPSA) is 106 Å². The van der Waals surface area contributed by atoms with Gasteiger partial charge in [0.05, 0.1) is 5.75 Å². The second kappa shape index (κ2) is 8.92. The summed E-state index contributed by atoms with van der Waals surface area (Å²) in [7, 11) is 0. The van der Waals surface area contributed by atoms with Gasteiger partial charge in [0.2, 0.25) is 5.89 Å². The molecule has 28 heavy (non-hydrogen) atoms. The molecule has 8 nitrogen and oxygen atoms in total. The fraction of sp³-hybridized carbons (Fsp3) is 0.368. The summed E-state index contributed by atoms with van der Waals surface area (Å²) in [6, 6.07) is 7.37. The number of thioether (sulfide) groups is 1. The number of benzene rings is 1. The molecule has 0 saturated heterocycles. The van der Waals surface area contributed by atoms with Gasteiger partial charge in [0, 0.05) is 24.1 Å². The summed E-state index contributed by atoms with van der Waals surface area (Å²) in [5.41, 5.74) is 2.48. The maximum absolute atomic E-state index is 12.3. The average Bonchev–Trinajstić information content (AvgIpc) is 3.07. The van der Waals surface area contributed by atoms with E-state index in [1.165, 1.54) is 33.5 Å². The Kier molecular flexibility index (Phi) is 6.35. The SMILES string of the molecule is CCc1cc(Nc2cc(=O)n(CCSCc3nc(C)no3)c(=O)[nH]2)ccc1C. The van der Waals surface area contributed by atoms with E-state index in [0.717, 1.165) is 12.1 Å². The number of aromatic amines is 1. The third-order valence-electron chi connectivity index (χ3n) is 4.28. The molecule has 0 aliphatic rings. The summed E-state index contributed by atoms with van der Waals surface area (Å²) in [6.45, 7) is 6.21. The Hall–Kier alpha value is -2.81. The lowest BCUT2D eigenvalue weighted by molar-refractivity contribution is 0.387. The molecule has 148 valence electrons. The average molecular weight is 401 g/mol. The van der Waals surface area contributed by atoms with E-state index in [4.69, 9.17) is 4.52 Å². The van der Waals surface area contributed by atoms with Gasteiger partial charge in [-0.25, -0.2) is 4.79 Å². The van der Waals surface area contributed by atoms with Crippen LogP contribution in [-0.4, -0.2) is 25.4 Å². The highest BCUT2D eigenvalue weighted by Gasteiger charge is 2.07. The van der Waals surface area contributed by atoms with Crippen LogP contribution in [0.3, 0.4) is 0 Å². The second-order valence-electron chi connectivity index (χ2n) is 6.39. The maximum atomic E-state index is 12.3. The molecule has 2 aromatic heterocycles. The number of hydrogen-bond donors (Lipinski definition) is 2. The van der Waals surface area contributed by atoms with E-state index in [1.54, 1.807) is 6.92 Å². The third kappa shape index (κ3) is 4.92. The molecule has 0 saturated carbocycles. The predicted molar refractivity (Wildman–Crippen MR) is 110 cm³/mol. The normalized spacial score (nSPS) is 11.0. The van der Waals surface area contributed by atoms with E-state index in [2.05, 4.69) is 34.3 Å². The van der Waals surface area contributed by atoms with Crippen LogP contribution in [0.5, 0.6) is 0 Å². The van der Waals surface area contributed by atoms with Gasteiger partial charge in [-0.15, -0.1) is 0 Å². The summed E-state index contributed by atoms with van der Waals surface area (Å²) in [5.74, 6) is 2.62. The monoisotopic (exact) mass is 401 g/mol. The Balaban J connectivity index is 1.64. The van der Waals surface area contributed by atoms with E-state index < -0.39 is 5.69 Å². The first-order chi connectivity index (χ1) is 13.5. The molecule has 2 heterocycles. The number of aromatic nitrogens is 4. The Labute approximate surface area is 166 Å². The molecule has 0 fully saturated rings. The molecule has 0 unspecified atom stereocenters. The summed E-state index contributed by atoms with van der Waals surface area (Å²) in [6.07, 6.45) is 0.917. The van der Waals surface area contributed by atoms with Crippen molar-refractivity contribution in [3.05, 3.63) is 67.9 Å². The van der Waals surface area contributed by atoms with Gasteiger partial charge in [-0.3, -0.25) is 14.3 Å². The van der Waals surface area contributed by atoms with Crippen LogP contribution in [0.1, 0.15) is 29.8 Å². The molecule has 1 aromatic carbocycles. The molecule has 0 aliphatic carbocycles. The third-order valence-corrected chi connectivity index (χ3v) is 5.21. The van der Waals surface area contributed by atoms with Gasteiger partial charge in [-0.1, -0.05) is 18.1 Å². The predicted octanol–water partition coefficient (Wildman–Crippen LogP) is 2.78. The Morgan fingerprint density at radius 1 is 1.25 bits per heavy atom. The van der Waals surface area contributed by atoms with Gasteiger partial charge in [-0.2, -0.15) is 16.7 Å². The van der Waals surface area contributed by atoms with E-state index in [0.29, 0.717) is 35.6 Å². The van der Waals surface area contributed by atoms with Gasteiger partial charge < -0.3 is 9.84 Å². The summed E-state index contributed by atoms with van der Waals surface area (Å²) in [4.78, 5) is 31.5. The molecule has 0 spiro atoms. The molecular weight excluding hydrogens is 378 g/mol. The van der Waals surface area contributed by atoms with E-state index in [1.807, 2.05) is 18.2 Å². The molecule has 2 N–H and O–H groups in total. The van der Waals surface area contributed by atoms with Crippen LogP contribution in [-0.2, 0) is 18.7 Å². The number of hydrogen-bond acceptors (Lipinski definition) is 7. The maximum Gasteiger partial charge on any atom is 0.329 e. The van der Waals surface area contributed by atoms with Crippen molar-refractivity contribution in [3.8, 4) is 0 Å². The van der Waals surface area contributed by atoms with Crippen LogP contribution in [0.4, 0.5) is 11.5 Å². The number of rotatable bonds is 8. The molecule has 0 radical (unpaired) electrons. The second-order valence-corrected chi connectivity index (χ2v) is 7.49. The van der Waals surface area contributed by atoms with Crippen molar-refractivity contribution in [2.24, 2.45) is 0 Å². The standard InChI is InChI=1S/C19H23N5O3S/c1-4-14-9-15(6-5-12(14)2)21-16-10-18(25)24(19(26)22-16)7-8-28-11-17-20-13(3)23-27-17/h5-6,9-10,21H,4,7-8,11H2,1-3H3,(H,22,26). The van der Waals surface area contributed by atoms with Gasteiger partial charge in [0.25, 0.3) is 5.56 Å². The van der Waals surface area contributed by atoms with Crippen LogP contribution >= 0.6 is 11.8 Å². The minimum atomic E-state index is -0.438. The van der Waals surface area contributed by atoms with Crippen LogP contribution in [0.2, 0.25) is 0 Å². The highest BCUT2D eigenvalue weighted by molar-refractivity contribution is 7.98. The van der Waals surface area contributed by atoms with Crippen molar-refractivity contribution in [2.75, 3.05) is 11.1 Å².